The largest absolute Gasteiger partial charge is 0.504 e. The second kappa shape index (κ2) is 3.42. The van der Waals surface area contributed by atoms with Gasteiger partial charge in [-0.05, 0) is 29.3 Å². The summed E-state index contributed by atoms with van der Waals surface area (Å²) in [4.78, 5) is 2.13. The summed E-state index contributed by atoms with van der Waals surface area (Å²) in [6, 6.07) is 11.3. The molecule has 2 aromatic carbocycles. The quantitative estimate of drug-likeness (QED) is 0.680. The van der Waals surface area contributed by atoms with E-state index in [0.717, 1.165) is 28.9 Å². The molecule has 3 rings (SSSR count). The first-order chi connectivity index (χ1) is 8.16. The minimum atomic E-state index is -0.0666. The number of hydrogen-bond donors (Lipinski definition) is 2. The lowest BCUT2D eigenvalue weighted by molar-refractivity contribution is 0.403. The number of hydrogen-bond acceptors (Lipinski definition) is 3. The smallest absolute Gasteiger partial charge is 0.158 e. The van der Waals surface area contributed by atoms with Crippen molar-refractivity contribution in [3.63, 3.8) is 0 Å². The summed E-state index contributed by atoms with van der Waals surface area (Å²) in [6.45, 7) is 0.736. The van der Waals surface area contributed by atoms with Crippen molar-refractivity contribution >= 4 is 5.69 Å². The highest BCUT2D eigenvalue weighted by Crippen LogP contribution is 2.42. The monoisotopic (exact) mass is 227 g/mol. The van der Waals surface area contributed by atoms with Crippen molar-refractivity contribution in [2.75, 3.05) is 11.9 Å². The van der Waals surface area contributed by atoms with Crippen molar-refractivity contribution in [1.29, 1.82) is 0 Å². The van der Waals surface area contributed by atoms with Crippen LogP contribution in [-0.4, -0.2) is 17.3 Å². The molecule has 2 aromatic rings. The van der Waals surface area contributed by atoms with Crippen LogP contribution in [0.5, 0.6) is 11.5 Å². The van der Waals surface area contributed by atoms with Crippen molar-refractivity contribution in [2.45, 2.75) is 6.54 Å². The van der Waals surface area contributed by atoms with Crippen LogP contribution < -0.4 is 4.90 Å². The third-order valence-electron chi connectivity index (χ3n) is 3.21. The fourth-order valence-electron chi connectivity index (χ4n) is 2.38. The summed E-state index contributed by atoms with van der Waals surface area (Å²) in [6.07, 6.45) is 0. The van der Waals surface area contributed by atoms with Gasteiger partial charge in [-0.1, -0.05) is 18.2 Å². The molecule has 0 fully saturated rings. The molecule has 0 spiro atoms. The molecule has 17 heavy (non-hydrogen) atoms. The van der Waals surface area contributed by atoms with Gasteiger partial charge in [-0.25, -0.2) is 0 Å². The molecule has 1 heterocycles. The Labute approximate surface area is 99.6 Å². The number of para-hydroxylation sites is 1. The van der Waals surface area contributed by atoms with E-state index in [1.807, 2.05) is 25.2 Å². The second-order valence-electron chi connectivity index (χ2n) is 4.37. The topological polar surface area (TPSA) is 43.7 Å². The minimum absolute atomic E-state index is 0.0588. The molecule has 0 saturated carbocycles. The van der Waals surface area contributed by atoms with Gasteiger partial charge in [0.1, 0.15) is 0 Å². The molecule has 3 heteroatoms. The van der Waals surface area contributed by atoms with Gasteiger partial charge in [-0.3, -0.25) is 0 Å². The molecule has 2 N–H and O–H groups in total. The fourth-order valence-corrected chi connectivity index (χ4v) is 2.38. The highest BCUT2D eigenvalue weighted by atomic mass is 16.3. The summed E-state index contributed by atoms with van der Waals surface area (Å²) < 4.78 is 0. The molecule has 3 nitrogen and oxygen atoms in total. The van der Waals surface area contributed by atoms with E-state index in [2.05, 4.69) is 11.0 Å². The fraction of sp³-hybridized carbons (Fsp3) is 0.143. The van der Waals surface area contributed by atoms with E-state index in [4.69, 9.17) is 0 Å². The maximum Gasteiger partial charge on any atom is 0.158 e. The van der Waals surface area contributed by atoms with Crippen LogP contribution in [-0.2, 0) is 6.54 Å². The summed E-state index contributed by atoms with van der Waals surface area (Å²) in [5, 5.41) is 19.1. The number of benzene rings is 2. The first-order valence-electron chi connectivity index (χ1n) is 5.52. The van der Waals surface area contributed by atoms with E-state index in [0.29, 0.717) is 0 Å². The predicted octanol–water partition coefficient (Wildman–Crippen LogP) is 2.71. The predicted molar refractivity (Wildman–Crippen MR) is 67.3 cm³/mol. The van der Waals surface area contributed by atoms with Crippen molar-refractivity contribution in [1.82, 2.24) is 0 Å². The summed E-state index contributed by atoms with van der Waals surface area (Å²) in [5.41, 5.74) is 4.26. The van der Waals surface area contributed by atoms with Gasteiger partial charge >= 0.3 is 0 Å². The molecule has 1 aliphatic heterocycles. The Kier molecular flexibility index (Phi) is 2.01. The van der Waals surface area contributed by atoms with E-state index in [-0.39, 0.29) is 11.5 Å². The zero-order valence-corrected chi connectivity index (χ0v) is 9.51. The van der Waals surface area contributed by atoms with E-state index >= 15 is 0 Å². The number of phenols is 2. The SMILES string of the molecule is CN1Cc2cc(O)c(O)cc2-c2ccccc21. The van der Waals surface area contributed by atoms with Crippen LogP contribution in [0, 0.1) is 0 Å². The molecule has 1 aliphatic rings. The van der Waals surface area contributed by atoms with Gasteiger partial charge in [0.05, 0.1) is 0 Å². The standard InChI is InChI=1S/C14H13NO2/c1-15-8-9-6-13(16)14(17)7-11(9)10-4-2-3-5-12(10)15/h2-7,16-17H,8H2,1H3. The normalized spacial score (nSPS) is 13.1. The van der Waals surface area contributed by atoms with Gasteiger partial charge in [0.2, 0.25) is 0 Å². The molecule has 0 aromatic heterocycles. The number of nitrogens with zero attached hydrogens (tertiary/aromatic N) is 1. The Morgan fingerprint density at radius 1 is 1.00 bits per heavy atom. The molecule has 0 radical (unpaired) electrons. The van der Waals surface area contributed by atoms with Crippen molar-refractivity contribution in [2.24, 2.45) is 0 Å². The number of anilines is 1. The highest BCUT2D eigenvalue weighted by molar-refractivity contribution is 5.84. The molecular weight excluding hydrogens is 214 g/mol. The van der Waals surface area contributed by atoms with Crippen LogP contribution >= 0.6 is 0 Å². The van der Waals surface area contributed by atoms with Crippen molar-refractivity contribution in [3.8, 4) is 22.6 Å². The van der Waals surface area contributed by atoms with Crippen LogP contribution in [0.25, 0.3) is 11.1 Å². The third-order valence-corrected chi connectivity index (χ3v) is 3.21. The summed E-state index contributed by atoms with van der Waals surface area (Å²) >= 11 is 0. The van der Waals surface area contributed by atoms with Crippen LogP contribution in [0.3, 0.4) is 0 Å². The lowest BCUT2D eigenvalue weighted by Crippen LogP contribution is -2.21. The maximum atomic E-state index is 9.60. The van der Waals surface area contributed by atoms with Gasteiger partial charge in [0.15, 0.2) is 11.5 Å². The zero-order valence-electron chi connectivity index (χ0n) is 9.51. The molecule has 0 atom stereocenters. The number of fused-ring (bicyclic) bond motifs is 3. The second-order valence-corrected chi connectivity index (χ2v) is 4.37. The molecule has 0 unspecified atom stereocenters. The van der Waals surface area contributed by atoms with Crippen LogP contribution in [0.15, 0.2) is 36.4 Å². The first-order valence-corrected chi connectivity index (χ1v) is 5.52. The number of rotatable bonds is 0. The third kappa shape index (κ3) is 1.43. The molecule has 0 saturated heterocycles. The summed E-state index contributed by atoms with van der Waals surface area (Å²) in [5.74, 6) is -0.125. The molecule has 86 valence electrons. The summed E-state index contributed by atoms with van der Waals surface area (Å²) in [7, 11) is 2.02. The van der Waals surface area contributed by atoms with E-state index < -0.39 is 0 Å². The Morgan fingerprint density at radius 3 is 2.53 bits per heavy atom. The lowest BCUT2D eigenvalue weighted by atomic mass is 9.93. The van der Waals surface area contributed by atoms with Crippen molar-refractivity contribution < 1.29 is 10.2 Å². The van der Waals surface area contributed by atoms with Crippen LogP contribution in [0.2, 0.25) is 0 Å². The highest BCUT2D eigenvalue weighted by Gasteiger charge is 2.20. The van der Waals surface area contributed by atoms with Gasteiger partial charge < -0.3 is 15.1 Å². The average molecular weight is 227 g/mol. The average Bonchev–Trinajstić information content (AvgIpc) is 2.32. The molecule has 0 aliphatic carbocycles. The van der Waals surface area contributed by atoms with Crippen LogP contribution in [0.4, 0.5) is 5.69 Å². The Balaban J connectivity index is 2.29. The minimum Gasteiger partial charge on any atom is -0.504 e. The number of phenolic OH excluding ortho intramolecular Hbond substituents is 2. The van der Waals surface area contributed by atoms with E-state index in [1.165, 1.54) is 0 Å². The molecule has 0 amide bonds. The Bertz CT molecular complexity index is 593. The molecule has 0 bridgehead atoms. The van der Waals surface area contributed by atoms with E-state index in [1.54, 1.807) is 12.1 Å². The van der Waals surface area contributed by atoms with Gasteiger partial charge in [0.25, 0.3) is 0 Å². The maximum absolute atomic E-state index is 9.60. The zero-order chi connectivity index (χ0) is 12.0. The van der Waals surface area contributed by atoms with Crippen molar-refractivity contribution in [3.05, 3.63) is 42.0 Å². The Morgan fingerprint density at radius 2 is 1.71 bits per heavy atom. The Hall–Kier alpha value is -2.16. The lowest BCUT2D eigenvalue weighted by Gasteiger charge is -2.29. The van der Waals surface area contributed by atoms with Crippen LogP contribution in [0.1, 0.15) is 5.56 Å². The number of aromatic hydroxyl groups is 2. The van der Waals surface area contributed by atoms with Gasteiger partial charge in [-0.15, -0.1) is 0 Å². The first kappa shape index (κ1) is 10.0. The van der Waals surface area contributed by atoms with Gasteiger partial charge in [0, 0.05) is 24.8 Å². The molecular formula is C14H13NO2. The van der Waals surface area contributed by atoms with E-state index in [9.17, 15) is 10.2 Å². The van der Waals surface area contributed by atoms with Gasteiger partial charge in [-0.2, -0.15) is 0 Å².